The highest BCUT2D eigenvalue weighted by molar-refractivity contribution is 6.24. The van der Waals surface area contributed by atoms with Crippen LogP contribution in [0.15, 0.2) is 23.0 Å². The molecule has 3 aliphatic rings. The van der Waals surface area contributed by atoms with E-state index in [1.807, 2.05) is 0 Å². The van der Waals surface area contributed by atoms with Crippen LogP contribution in [-0.4, -0.2) is 82.6 Å². The number of fused-ring (bicyclic) bond motifs is 3. The second-order valence-corrected chi connectivity index (χ2v) is 9.44. The second-order valence-electron chi connectivity index (χ2n) is 9.44. The van der Waals surface area contributed by atoms with Gasteiger partial charge in [-0.3, -0.25) is 19.3 Å². The number of benzene rings is 1. The van der Waals surface area contributed by atoms with Gasteiger partial charge in [-0.25, -0.2) is 4.39 Å². The van der Waals surface area contributed by atoms with Gasteiger partial charge in [-0.2, -0.15) is 0 Å². The average molecular weight is 475 g/mol. The third-order valence-electron chi connectivity index (χ3n) is 7.09. The molecule has 6 N–H and O–H groups in total. The molecule has 1 aromatic rings. The molecular weight excluding hydrogens is 449 g/mol. The predicted molar refractivity (Wildman–Crippen MR) is 119 cm³/mol. The molecule has 1 fully saturated rings. The Balaban J connectivity index is 2.01. The van der Waals surface area contributed by atoms with Crippen LogP contribution in [0.3, 0.4) is 0 Å². The minimum Gasteiger partial charge on any atom is -0.508 e. The zero-order valence-corrected chi connectivity index (χ0v) is 19.1. The van der Waals surface area contributed by atoms with Gasteiger partial charge >= 0.3 is 0 Å². The lowest BCUT2D eigenvalue weighted by Gasteiger charge is -2.50. The van der Waals surface area contributed by atoms with E-state index in [0.717, 1.165) is 6.07 Å². The number of nitrogens with two attached hydrogens (primary N) is 1. The highest BCUT2D eigenvalue weighted by Crippen LogP contribution is 2.53. The maximum atomic E-state index is 14.7. The molecule has 11 heteroatoms. The SMILES string of the molecule is CN(C)c1c(F)cc(O)c2c1C[C@H]1C[C@H]3[C@H](N(C)C)C(=O)C(C(N)=O)=C(O)[C@@]3(O)C(=O)C1=C2O. The minimum atomic E-state index is -2.70. The van der Waals surface area contributed by atoms with Crippen molar-refractivity contribution in [3.8, 4) is 5.75 Å². The van der Waals surface area contributed by atoms with Crippen molar-refractivity contribution in [2.75, 3.05) is 33.1 Å². The number of aromatic hydroxyl groups is 1. The number of aliphatic hydroxyl groups is 3. The Morgan fingerprint density at radius 3 is 2.32 bits per heavy atom. The summed E-state index contributed by atoms with van der Waals surface area (Å²) in [7, 11) is 6.22. The number of hydrogen-bond donors (Lipinski definition) is 5. The van der Waals surface area contributed by atoms with Gasteiger partial charge in [0.1, 0.15) is 28.7 Å². The Labute approximate surface area is 194 Å². The van der Waals surface area contributed by atoms with Gasteiger partial charge in [0.05, 0.1) is 17.3 Å². The van der Waals surface area contributed by atoms with E-state index in [4.69, 9.17) is 5.73 Å². The molecule has 4 rings (SSSR count). The largest absolute Gasteiger partial charge is 0.508 e. The maximum Gasteiger partial charge on any atom is 0.255 e. The van der Waals surface area contributed by atoms with Crippen molar-refractivity contribution in [1.29, 1.82) is 0 Å². The zero-order chi connectivity index (χ0) is 25.4. The molecule has 0 aliphatic heterocycles. The fraction of sp³-hybridized carbons (Fsp3) is 0.435. The molecule has 3 aliphatic carbocycles. The highest BCUT2D eigenvalue weighted by Gasteiger charge is 2.64. The van der Waals surface area contributed by atoms with Crippen LogP contribution in [0.2, 0.25) is 0 Å². The average Bonchev–Trinajstić information content (AvgIpc) is 2.69. The van der Waals surface area contributed by atoms with Crippen LogP contribution in [0.25, 0.3) is 5.76 Å². The lowest BCUT2D eigenvalue weighted by molar-refractivity contribution is -0.153. The summed E-state index contributed by atoms with van der Waals surface area (Å²) in [5.41, 5.74) is 1.67. The van der Waals surface area contributed by atoms with Gasteiger partial charge in [0.15, 0.2) is 11.4 Å². The Morgan fingerprint density at radius 1 is 1.18 bits per heavy atom. The third kappa shape index (κ3) is 2.90. The van der Waals surface area contributed by atoms with Crippen LogP contribution >= 0.6 is 0 Å². The Morgan fingerprint density at radius 2 is 1.79 bits per heavy atom. The molecule has 0 heterocycles. The molecule has 4 atom stereocenters. The van der Waals surface area contributed by atoms with E-state index in [1.54, 1.807) is 14.1 Å². The number of Topliss-reactive ketones (excluding diaryl/α,β-unsaturated/α-hetero) is 2. The summed E-state index contributed by atoms with van der Waals surface area (Å²) in [5.74, 6) is -8.30. The quantitative estimate of drug-likeness (QED) is 0.383. The molecule has 10 nitrogen and oxygen atoms in total. The van der Waals surface area contributed by atoms with Gasteiger partial charge < -0.3 is 31.1 Å². The number of phenols is 1. The molecular formula is C23H26FN3O7. The molecule has 0 unspecified atom stereocenters. The van der Waals surface area contributed by atoms with E-state index in [-0.39, 0.29) is 35.2 Å². The van der Waals surface area contributed by atoms with Gasteiger partial charge in [-0.05, 0) is 38.4 Å². The summed E-state index contributed by atoms with van der Waals surface area (Å²) >= 11 is 0. The first kappa shape index (κ1) is 23.7. The van der Waals surface area contributed by atoms with Crippen LogP contribution in [0.5, 0.6) is 5.75 Å². The predicted octanol–water partition coefficient (Wildman–Crippen LogP) is 0.169. The number of halogens is 1. The smallest absolute Gasteiger partial charge is 0.255 e. The number of carbonyl (C=O) groups is 3. The number of likely N-dealkylation sites (N-methyl/N-ethyl adjacent to an activating group) is 1. The van der Waals surface area contributed by atoms with E-state index in [0.29, 0.717) is 0 Å². The highest BCUT2D eigenvalue weighted by atomic mass is 19.1. The number of nitrogens with zero attached hydrogens (tertiary/aromatic N) is 2. The van der Waals surface area contributed by atoms with Crippen molar-refractivity contribution in [2.45, 2.75) is 24.5 Å². The molecule has 1 aromatic carbocycles. The van der Waals surface area contributed by atoms with E-state index < -0.39 is 69.6 Å². The molecule has 0 spiro atoms. The second kappa shape index (κ2) is 7.54. The molecule has 0 bridgehead atoms. The van der Waals surface area contributed by atoms with E-state index in [9.17, 15) is 39.2 Å². The van der Waals surface area contributed by atoms with E-state index >= 15 is 0 Å². The van der Waals surface area contributed by atoms with E-state index in [1.165, 1.54) is 23.9 Å². The molecule has 0 saturated heterocycles. The van der Waals surface area contributed by atoms with Crippen molar-refractivity contribution >= 4 is 28.9 Å². The molecule has 0 aromatic heterocycles. The van der Waals surface area contributed by atoms with Crippen molar-refractivity contribution < 1.29 is 39.2 Å². The number of aliphatic hydroxyl groups excluding tert-OH is 2. The molecule has 1 saturated carbocycles. The number of rotatable bonds is 3. The van der Waals surface area contributed by atoms with Crippen LogP contribution < -0.4 is 10.6 Å². The van der Waals surface area contributed by atoms with Gasteiger partial charge in [-0.1, -0.05) is 0 Å². The number of ketones is 2. The monoisotopic (exact) mass is 475 g/mol. The summed E-state index contributed by atoms with van der Waals surface area (Å²) in [6.07, 6.45) is -0.0384. The van der Waals surface area contributed by atoms with E-state index in [2.05, 4.69) is 0 Å². The minimum absolute atomic E-state index is 0.0212. The Kier molecular flexibility index (Phi) is 5.26. The summed E-state index contributed by atoms with van der Waals surface area (Å²) in [5, 5.41) is 43.8. The number of phenolic OH excluding ortho intramolecular Hbond substituents is 1. The van der Waals surface area contributed by atoms with Crippen LogP contribution in [0, 0.1) is 17.7 Å². The Hall–Kier alpha value is -3.44. The first-order valence-electron chi connectivity index (χ1n) is 10.6. The van der Waals surface area contributed by atoms with Crippen molar-refractivity contribution in [1.82, 2.24) is 4.90 Å². The first-order valence-corrected chi connectivity index (χ1v) is 10.6. The first-order chi connectivity index (χ1) is 15.7. The number of amides is 1. The molecule has 1 amide bonds. The van der Waals surface area contributed by atoms with Crippen LogP contribution in [0.1, 0.15) is 17.5 Å². The molecule has 182 valence electrons. The van der Waals surface area contributed by atoms with Crippen molar-refractivity contribution in [3.05, 3.63) is 39.9 Å². The van der Waals surface area contributed by atoms with Crippen LogP contribution in [-0.2, 0) is 20.8 Å². The normalized spacial score (nSPS) is 28.6. The van der Waals surface area contributed by atoms with Crippen molar-refractivity contribution in [3.63, 3.8) is 0 Å². The number of primary amides is 1. The van der Waals surface area contributed by atoms with Crippen molar-refractivity contribution in [2.24, 2.45) is 17.6 Å². The fourth-order valence-corrected chi connectivity index (χ4v) is 5.76. The number of carbonyl (C=O) groups excluding carboxylic acids is 3. The van der Waals surface area contributed by atoms with Crippen LogP contribution in [0.4, 0.5) is 10.1 Å². The lowest BCUT2D eigenvalue weighted by Crippen LogP contribution is -2.65. The summed E-state index contributed by atoms with van der Waals surface area (Å²) in [6.45, 7) is 0. The van der Waals surface area contributed by atoms with Gasteiger partial charge in [0.2, 0.25) is 5.78 Å². The standard InChI is InChI=1S/C23H26FN3O7/c1-26(2)16-9-5-8-6-10-17(27(3)4)19(30)15(22(25)33)21(32)23(10,34)20(31)13(8)18(29)14(9)12(28)7-11(16)24/h7-8,10,17,28-29,32,34H,5-6H2,1-4H3,(H2,25,33)/t8-,10-,17-,23-/m0/s1. The number of hydrogen-bond acceptors (Lipinski definition) is 9. The Bertz CT molecular complexity index is 1220. The fourth-order valence-electron chi connectivity index (χ4n) is 5.76. The molecule has 34 heavy (non-hydrogen) atoms. The van der Waals surface area contributed by atoms with Gasteiger partial charge in [0, 0.05) is 31.7 Å². The summed E-state index contributed by atoms with van der Waals surface area (Å²) in [6, 6.07) is -0.355. The maximum absolute atomic E-state index is 14.7. The lowest BCUT2D eigenvalue weighted by atomic mass is 9.57. The topological polar surface area (TPSA) is 165 Å². The van der Waals surface area contributed by atoms with Gasteiger partial charge in [-0.15, -0.1) is 0 Å². The third-order valence-corrected chi connectivity index (χ3v) is 7.09. The number of anilines is 1. The molecule has 0 radical (unpaired) electrons. The summed E-state index contributed by atoms with van der Waals surface area (Å²) < 4.78 is 14.7. The summed E-state index contributed by atoms with van der Waals surface area (Å²) in [4.78, 5) is 41.6. The zero-order valence-electron chi connectivity index (χ0n) is 19.1. The van der Waals surface area contributed by atoms with Gasteiger partial charge in [0.25, 0.3) is 5.91 Å².